The Balaban J connectivity index is 1.83. The van der Waals surface area contributed by atoms with Crippen molar-refractivity contribution >= 4 is 34.0 Å². The number of Topliss-reactive ketones (excluding diaryl/α,β-unsaturated/α-hetero) is 1. The maximum Gasteiger partial charge on any atom is 0.271 e. The fourth-order valence-corrected chi connectivity index (χ4v) is 5.90. The molecule has 0 amide bonds. The maximum absolute atomic E-state index is 14.0. The summed E-state index contributed by atoms with van der Waals surface area (Å²) in [5.74, 6) is 1.69. The predicted octanol–water partition coefficient (Wildman–Crippen LogP) is 4.00. The highest BCUT2D eigenvalue weighted by atomic mass is 32.1. The maximum atomic E-state index is 14.0. The monoisotopic (exact) mass is 514 g/mol. The molecule has 7 nitrogen and oxygen atoms in total. The third-order valence-electron chi connectivity index (χ3n) is 6.55. The number of thiazole rings is 1. The van der Waals surface area contributed by atoms with Crippen LogP contribution in [0.4, 0.5) is 0 Å². The van der Waals surface area contributed by atoms with E-state index in [1.165, 1.54) is 18.3 Å². The smallest absolute Gasteiger partial charge is 0.271 e. The van der Waals surface area contributed by atoms with E-state index in [2.05, 4.69) is 4.99 Å². The lowest BCUT2D eigenvalue weighted by atomic mass is 9.89. The largest absolute Gasteiger partial charge is 0.497 e. The minimum absolute atomic E-state index is 0.146. The third kappa shape index (κ3) is 4.13. The van der Waals surface area contributed by atoms with Crippen LogP contribution in [0.3, 0.4) is 0 Å². The second-order valence-electron chi connectivity index (χ2n) is 8.65. The molecule has 5 rings (SSSR count). The number of aromatic nitrogens is 1. The zero-order valence-corrected chi connectivity index (χ0v) is 22.0. The summed E-state index contributed by atoms with van der Waals surface area (Å²) in [6.07, 6.45) is 1.78. The van der Waals surface area contributed by atoms with E-state index >= 15 is 0 Å². The predicted molar refractivity (Wildman–Crippen MR) is 144 cm³/mol. The first-order valence-corrected chi connectivity index (χ1v) is 12.5. The molecule has 8 heteroatoms. The van der Waals surface area contributed by atoms with Gasteiger partial charge in [0.1, 0.15) is 17.2 Å². The summed E-state index contributed by atoms with van der Waals surface area (Å²) in [6.45, 7) is 3.32. The zero-order chi connectivity index (χ0) is 26.3. The van der Waals surface area contributed by atoms with Gasteiger partial charge in [0.05, 0.1) is 31.9 Å². The Morgan fingerprint density at radius 3 is 2.46 bits per heavy atom. The minimum Gasteiger partial charge on any atom is -0.497 e. The van der Waals surface area contributed by atoms with E-state index in [4.69, 9.17) is 14.2 Å². The molecule has 0 spiro atoms. The summed E-state index contributed by atoms with van der Waals surface area (Å²) >= 11 is 1.28. The van der Waals surface area contributed by atoms with E-state index < -0.39 is 6.04 Å². The number of hydrogen-bond donors (Lipinski definition) is 0. The van der Waals surface area contributed by atoms with E-state index in [1.807, 2.05) is 55.5 Å². The molecule has 1 aliphatic heterocycles. The quantitative estimate of drug-likeness (QED) is 0.389. The van der Waals surface area contributed by atoms with Crippen LogP contribution in [0.2, 0.25) is 0 Å². The van der Waals surface area contributed by atoms with Crippen molar-refractivity contribution in [1.82, 2.24) is 4.57 Å². The number of allylic oxidation sites excluding steroid dienone is 2. The van der Waals surface area contributed by atoms with Crippen molar-refractivity contribution in [2.75, 3.05) is 21.3 Å². The van der Waals surface area contributed by atoms with Crippen LogP contribution in [0, 0.1) is 0 Å². The Bertz CT molecular complexity index is 1760. The lowest BCUT2D eigenvalue weighted by Crippen LogP contribution is -2.39. The molecule has 188 valence electrons. The molecule has 0 saturated carbocycles. The molecule has 1 aliphatic rings. The molecule has 4 aromatic rings. The second-order valence-corrected chi connectivity index (χ2v) is 9.66. The van der Waals surface area contributed by atoms with Crippen molar-refractivity contribution in [1.29, 1.82) is 0 Å². The number of ketones is 1. The SMILES string of the molecule is COc1ccc(C=c2sc3n(c2=O)[C@@H](c2c(OC)ccc4ccccc24)C(C(C)=O)=C(C)N=3)c(OC)c1. The molecule has 0 N–H and O–H groups in total. The molecule has 0 aliphatic carbocycles. The van der Waals surface area contributed by atoms with Gasteiger partial charge in [0, 0.05) is 28.5 Å². The molecule has 1 atom stereocenters. The van der Waals surface area contributed by atoms with Crippen LogP contribution in [0.25, 0.3) is 16.8 Å². The van der Waals surface area contributed by atoms with Crippen LogP contribution in [-0.4, -0.2) is 31.7 Å². The Morgan fingerprint density at radius 1 is 1.00 bits per heavy atom. The molecule has 0 bridgehead atoms. The van der Waals surface area contributed by atoms with Crippen molar-refractivity contribution in [2.45, 2.75) is 19.9 Å². The van der Waals surface area contributed by atoms with Crippen molar-refractivity contribution in [3.63, 3.8) is 0 Å². The standard InChI is InChI=1S/C29H26N2O5S/c1-16-25(17(2)32)27(26-21-9-7-6-8-18(21)11-13-22(26)35-4)31-28(33)24(37-29(31)30-16)14-19-10-12-20(34-3)15-23(19)36-5/h6-15,27H,1-5H3/t27-/m1/s1. The lowest BCUT2D eigenvalue weighted by Gasteiger charge is -2.27. The highest BCUT2D eigenvalue weighted by Crippen LogP contribution is 2.40. The van der Waals surface area contributed by atoms with E-state index in [1.54, 1.807) is 38.0 Å². The number of nitrogens with zero attached hydrogens (tertiary/aromatic N) is 2. The van der Waals surface area contributed by atoms with E-state index in [9.17, 15) is 9.59 Å². The van der Waals surface area contributed by atoms with Gasteiger partial charge in [-0.05, 0) is 48.9 Å². The van der Waals surface area contributed by atoms with Gasteiger partial charge < -0.3 is 14.2 Å². The van der Waals surface area contributed by atoms with Crippen LogP contribution in [0.5, 0.6) is 17.2 Å². The number of carbonyl (C=O) groups excluding carboxylic acids is 1. The fourth-order valence-electron chi connectivity index (χ4n) is 4.86. The number of carbonyl (C=O) groups is 1. The molecule has 0 fully saturated rings. The molecule has 1 aromatic heterocycles. The average Bonchev–Trinajstić information content (AvgIpc) is 3.21. The van der Waals surface area contributed by atoms with Gasteiger partial charge in [-0.25, -0.2) is 4.99 Å². The Morgan fingerprint density at radius 2 is 1.76 bits per heavy atom. The molecule has 0 unspecified atom stereocenters. The van der Waals surface area contributed by atoms with Crippen LogP contribution >= 0.6 is 11.3 Å². The van der Waals surface area contributed by atoms with E-state index in [0.717, 1.165) is 21.9 Å². The van der Waals surface area contributed by atoms with Gasteiger partial charge in [-0.2, -0.15) is 0 Å². The highest BCUT2D eigenvalue weighted by Gasteiger charge is 2.33. The van der Waals surface area contributed by atoms with E-state index in [-0.39, 0.29) is 11.3 Å². The van der Waals surface area contributed by atoms with Crippen LogP contribution < -0.4 is 29.1 Å². The van der Waals surface area contributed by atoms with Gasteiger partial charge in [-0.15, -0.1) is 0 Å². The Kier molecular flexibility index (Phi) is 6.43. The summed E-state index contributed by atoms with van der Waals surface area (Å²) in [5, 5.41) is 1.90. The normalized spacial score (nSPS) is 15.4. The van der Waals surface area contributed by atoms with E-state index in [0.29, 0.717) is 37.9 Å². The highest BCUT2D eigenvalue weighted by molar-refractivity contribution is 7.07. The summed E-state index contributed by atoms with van der Waals surface area (Å²) < 4.78 is 18.7. The second kappa shape index (κ2) is 9.71. The van der Waals surface area contributed by atoms with Gasteiger partial charge in [-0.3, -0.25) is 14.2 Å². The number of fused-ring (bicyclic) bond motifs is 2. The first-order chi connectivity index (χ1) is 17.9. The van der Waals surface area contributed by atoms with Gasteiger partial charge in [0.15, 0.2) is 10.6 Å². The van der Waals surface area contributed by atoms with Gasteiger partial charge >= 0.3 is 0 Å². The van der Waals surface area contributed by atoms with Crippen molar-refractivity contribution in [3.05, 3.63) is 96.7 Å². The number of hydrogen-bond acceptors (Lipinski definition) is 7. The third-order valence-corrected chi connectivity index (χ3v) is 7.54. The minimum atomic E-state index is -0.685. The molecular formula is C29H26N2O5S. The summed E-state index contributed by atoms with van der Waals surface area (Å²) in [7, 11) is 4.75. The van der Waals surface area contributed by atoms with Crippen molar-refractivity contribution in [2.24, 2.45) is 4.99 Å². The number of rotatable bonds is 6. The molecule has 0 saturated heterocycles. The van der Waals surface area contributed by atoms with Crippen LogP contribution in [0.1, 0.15) is 31.0 Å². The summed E-state index contributed by atoms with van der Waals surface area (Å²) in [6, 6.07) is 16.5. The topological polar surface area (TPSA) is 79.1 Å². The number of methoxy groups -OCH3 is 3. The van der Waals surface area contributed by atoms with Crippen molar-refractivity contribution in [3.8, 4) is 17.2 Å². The van der Waals surface area contributed by atoms with Gasteiger partial charge in [0.25, 0.3) is 5.56 Å². The lowest BCUT2D eigenvalue weighted by molar-refractivity contribution is -0.114. The molecular weight excluding hydrogens is 488 g/mol. The Hall–Kier alpha value is -4.17. The van der Waals surface area contributed by atoms with Crippen molar-refractivity contribution < 1.29 is 19.0 Å². The first kappa shape index (κ1) is 24.5. The average molecular weight is 515 g/mol. The van der Waals surface area contributed by atoms with Gasteiger partial charge in [-0.1, -0.05) is 41.7 Å². The molecule has 37 heavy (non-hydrogen) atoms. The van der Waals surface area contributed by atoms with Gasteiger partial charge in [0.2, 0.25) is 0 Å². The van der Waals surface area contributed by atoms with Crippen LogP contribution in [0.15, 0.2) is 75.7 Å². The first-order valence-electron chi connectivity index (χ1n) is 11.7. The Labute approximate surface area is 217 Å². The number of ether oxygens (including phenoxy) is 3. The molecule has 2 heterocycles. The summed E-state index contributed by atoms with van der Waals surface area (Å²) in [5.41, 5.74) is 2.30. The molecule has 0 radical (unpaired) electrons. The fraction of sp³-hybridized carbons (Fsp3) is 0.207. The molecule has 3 aromatic carbocycles. The zero-order valence-electron chi connectivity index (χ0n) is 21.2. The van der Waals surface area contributed by atoms with Crippen LogP contribution in [-0.2, 0) is 4.79 Å². The summed E-state index contributed by atoms with van der Waals surface area (Å²) in [4.78, 5) is 32.2. The number of benzene rings is 3.